The van der Waals surface area contributed by atoms with Gasteiger partial charge in [-0.05, 0) is 49.4 Å². The van der Waals surface area contributed by atoms with Gasteiger partial charge in [0.15, 0.2) is 0 Å². The van der Waals surface area contributed by atoms with Gasteiger partial charge in [-0.1, -0.05) is 31.2 Å². The lowest BCUT2D eigenvalue weighted by molar-refractivity contribution is -0.122. The Kier molecular flexibility index (Phi) is 5.92. The SMILES string of the molecule is CCc1ccc([C@H](C)NC(=O)CN(C2CC2)S(=O)(=O)c2cccnc2)cc1. The molecular weight excluding hydrogens is 362 g/mol. The number of nitrogens with zero attached hydrogens (tertiary/aromatic N) is 2. The molecule has 3 rings (SSSR count). The maximum atomic E-state index is 12.9. The van der Waals surface area contributed by atoms with Gasteiger partial charge in [0.05, 0.1) is 12.6 Å². The Labute approximate surface area is 160 Å². The van der Waals surface area contributed by atoms with Gasteiger partial charge in [0.2, 0.25) is 15.9 Å². The summed E-state index contributed by atoms with van der Waals surface area (Å²) < 4.78 is 27.1. The maximum absolute atomic E-state index is 12.9. The van der Waals surface area contributed by atoms with Gasteiger partial charge in [0, 0.05) is 18.4 Å². The topological polar surface area (TPSA) is 79.4 Å². The zero-order valence-electron chi connectivity index (χ0n) is 15.6. The number of carbonyl (C=O) groups is 1. The van der Waals surface area contributed by atoms with Gasteiger partial charge in [-0.25, -0.2) is 8.42 Å². The van der Waals surface area contributed by atoms with E-state index >= 15 is 0 Å². The lowest BCUT2D eigenvalue weighted by Gasteiger charge is -2.22. The number of nitrogens with one attached hydrogen (secondary N) is 1. The van der Waals surface area contributed by atoms with E-state index < -0.39 is 10.0 Å². The van der Waals surface area contributed by atoms with Crippen LogP contribution in [0, 0.1) is 0 Å². The van der Waals surface area contributed by atoms with Crippen LogP contribution >= 0.6 is 0 Å². The van der Waals surface area contributed by atoms with Gasteiger partial charge in [-0.2, -0.15) is 4.31 Å². The third kappa shape index (κ3) is 4.73. The van der Waals surface area contributed by atoms with Gasteiger partial charge < -0.3 is 5.32 Å². The largest absolute Gasteiger partial charge is 0.348 e. The fourth-order valence-electron chi connectivity index (χ4n) is 2.96. The average molecular weight is 388 g/mol. The highest BCUT2D eigenvalue weighted by Gasteiger charge is 2.39. The predicted molar refractivity (Wildman–Crippen MR) is 104 cm³/mol. The third-order valence-corrected chi connectivity index (χ3v) is 6.64. The van der Waals surface area contributed by atoms with Gasteiger partial charge in [0.25, 0.3) is 0 Å². The van der Waals surface area contributed by atoms with Crippen molar-refractivity contribution < 1.29 is 13.2 Å². The molecule has 2 aromatic rings. The minimum atomic E-state index is -3.73. The van der Waals surface area contributed by atoms with Crippen LogP contribution in [0.2, 0.25) is 0 Å². The van der Waals surface area contributed by atoms with Crippen molar-refractivity contribution in [2.24, 2.45) is 0 Å². The lowest BCUT2D eigenvalue weighted by atomic mass is 10.1. The molecule has 1 atom stereocenters. The lowest BCUT2D eigenvalue weighted by Crippen LogP contribution is -2.42. The van der Waals surface area contributed by atoms with Crippen molar-refractivity contribution in [3.8, 4) is 0 Å². The van der Waals surface area contributed by atoms with Crippen LogP contribution in [0.15, 0.2) is 53.7 Å². The molecule has 1 aliphatic carbocycles. The molecule has 1 saturated carbocycles. The molecule has 1 fully saturated rings. The quantitative estimate of drug-likeness (QED) is 0.755. The van der Waals surface area contributed by atoms with Gasteiger partial charge in [-0.3, -0.25) is 9.78 Å². The second kappa shape index (κ2) is 8.19. The van der Waals surface area contributed by atoms with Crippen LogP contribution < -0.4 is 5.32 Å². The number of pyridine rings is 1. The molecule has 0 aliphatic heterocycles. The molecule has 1 aromatic carbocycles. The van der Waals surface area contributed by atoms with Crippen LogP contribution in [-0.4, -0.2) is 36.2 Å². The molecule has 0 bridgehead atoms. The van der Waals surface area contributed by atoms with E-state index in [1.165, 1.54) is 28.3 Å². The van der Waals surface area contributed by atoms with E-state index in [9.17, 15) is 13.2 Å². The van der Waals surface area contributed by atoms with Crippen LogP contribution in [0.4, 0.5) is 0 Å². The van der Waals surface area contributed by atoms with Crippen molar-refractivity contribution in [1.29, 1.82) is 0 Å². The van der Waals surface area contributed by atoms with Crippen molar-refractivity contribution >= 4 is 15.9 Å². The molecule has 1 amide bonds. The van der Waals surface area contributed by atoms with Gasteiger partial charge in [0.1, 0.15) is 4.90 Å². The molecule has 0 radical (unpaired) electrons. The summed E-state index contributed by atoms with van der Waals surface area (Å²) in [6, 6.07) is 10.9. The summed E-state index contributed by atoms with van der Waals surface area (Å²) in [5, 5.41) is 2.91. The van der Waals surface area contributed by atoms with Gasteiger partial charge >= 0.3 is 0 Å². The summed E-state index contributed by atoms with van der Waals surface area (Å²) >= 11 is 0. The zero-order chi connectivity index (χ0) is 19.4. The number of aromatic nitrogens is 1. The molecule has 0 spiro atoms. The van der Waals surface area contributed by atoms with Crippen molar-refractivity contribution in [1.82, 2.24) is 14.6 Å². The Morgan fingerprint density at radius 1 is 1.26 bits per heavy atom. The molecule has 1 aromatic heterocycles. The molecule has 0 unspecified atom stereocenters. The number of aryl methyl sites for hydroxylation is 1. The van der Waals surface area contributed by atoms with Crippen LogP contribution in [0.3, 0.4) is 0 Å². The summed E-state index contributed by atoms with van der Waals surface area (Å²) in [6.45, 7) is 3.81. The third-order valence-electron chi connectivity index (χ3n) is 4.76. The molecule has 0 saturated heterocycles. The Morgan fingerprint density at radius 3 is 2.52 bits per heavy atom. The first-order chi connectivity index (χ1) is 12.9. The monoisotopic (exact) mass is 387 g/mol. The number of rotatable bonds is 8. The Balaban J connectivity index is 1.68. The van der Waals surface area contributed by atoms with Crippen molar-refractivity contribution in [3.63, 3.8) is 0 Å². The second-order valence-corrected chi connectivity index (χ2v) is 8.75. The first kappa shape index (κ1) is 19.5. The van der Waals surface area contributed by atoms with E-state index in [1.807, 2.05) is 31.2 Å². The van der Waals surface area contributed by atoms with E-state index in [0.29, 0.717) is 0 Å². The predicted octanol–water partition coefficient (Wildman–Crippen LogP) is 2.67. The van der Waals surface area contributed by atoms with E-state index in [-0.39, 0.29) is 29.4 Å². The standard InChI is InChI=1S/C20H25N3O3S/c1-3-16-6-8-17(9-7-16)15(2)22-20(24)14-23(18-10-11-18)27(25,26)19-5-4-12-21-13-19/h4-9,12-13,15,18H,3,10-11,14H2,1-2H3,(H,22,24)/t15-/m0/s1. The van der Waals surface area contributed by atoms with E-state index in [0.717, 1.165) is 24.8 Å². The second-order valence-electron chi connectivity index (χ2n) is 6.85. The number of amides is 1. The van der Waals surface area contributed by atoms with E-state index in [2.05, 4.69) is 17.2 Å². The molecule has 1 heterocycles. The van der Waals surface area contributed by atoms with Crippen LogP contribution in [0.25, 0.3) is 0 Å². The number of benzene rings is 1. The van der Waals surface area contributed by atoms with Crippen molar-refractivity contribution in [3.05, 3.63) is 59.9 Å². The zero-order valence-corrected chi connectivity index (χ0v) is 16.4. The van der Waals surface area contributed by atoms with E-state index in [1.54, 1.807) is 6.07 Å². The van der Waals surface area contributed by atoms with Crippen LogP contribution in [-0.2, 0) is 21.2 Å². The number of hydrogen-bond acceptors (Lipinski definition) is 4. The summed E-state index contributed by atoms with van der Waals surface area (Å²) in [7, 11) is -3.73. The minimum absolute atomic E-state index is 0.111. The highest BCUT2D eigenvalue weighted by atomic mass is 32.2. The molecular formula is C20H25N3O3S. The smallest absolute Gasteiger partial charge is 0.245 e. The van der Waals surface area contributed by atoms with E-state index in [4.69, 9.17) is 0 Å². The number of hydrogen-bond donors (Lipinski definition) is 1. The first-order valence-electron chi connectivity index (χ1n) is 9.22. The molecule has 144 valence electrons. The molecule has 7 heteroatoms. The van der Waals surface area contributed by atoms with Crippen molar-refractivity contribution in [2.75, 3.05) is 6.54 Å². The van der Waals surface area contributed by atoms with Crippen LogP contribution in [0.1, 0.15) is 43.9 Å². The molecule has 1 aliphatic rings. The fourth-order valence-corrected chi connectivity index (χ4v) is 4.57. The summed E-state index contributed by atoms with van der Waals surface area (Å²) in [4.78, 5) is 16.5. The first-order valence-corrected chi connectivity index (χ1v) is 10.7. The number of sulfonamides is 1. The van der Waals surface area contributed by atoms with Crippen molar-refractivity contribution in [2.45, 2.75) is 50.1 Å². The fraction of sp³-hybridized carbons (Fsp3) is 0.400. The Hall–Kier alpha value is -2.25. The van der Waals surface area contributed by atoms with Gasteiger partial charge in [-0.15, -0.1) is 0 Å². The average Bonchev–Trinajstić information content (AvgIpc) is 3.51. The molecule has 6 nitrogen and oxygen atoms in total. The summed E-state index contributed by atoms with van der Waals surface area (Å²) in [5.74, 6) is -0.304. The Morgan fingerprint density at radius 2 is 1.96 bits per heavy atom. The highest BCUT2D eigenvalue weighted by molar-refractivity contribution is 7.89. The normalized spacial score (nSPS) is 15.5. The number of carbonyl (C=O) groups excluding carboxylic acids is 1. The molecule has 1 N–H and O–H groups in total. The van der Waals surface area contributed by atoms with Crippen LogP contribution in [0.5, 0.6) is 0 Å². The Bertz CT molecular complexity index is 878. The highest BCUT2D eigenvalue weighted by Crippen LogP contribution is 2.31. The molecule has 27 heavy (non-hydrogen) atoms. The summed E-state index contributed by atoms with van der Waals surface area (Å²) in [6.07, 6.45) is 5.37. The minimum Gasteiger partial charge on any atom is -0.348 e. The summed E-state index contributed by atoms with van der Waals surface area (Å²) in [5.41, 5.74) is 2.23. The maximum Gasteiger partial charge on any atom is 0.245 e.